The van der Waals surface area contributed by atoms with Crippen molar-refractivity contribution in [1.82, 2.24) is 15.5 Å². The summed E-state index contributed by atoms with van der Waals surface area (Å²) < 4.78 is 5.59. The molecule has 0 amide bonds. The van der Waals surface area contributed by atoms with Gasteiger partial charge in [0.1, 0.15) is 0 Å². The predicted octanol–water partition coefficient (Wildman–Crippen LogP) is 2.66. The highest BCUT2D eigenvalue weighted by molar-refractivity contribution is 5.79. The molecule has 1 unspecified atom stereocenters. The second-order valence-corrected chi connectivity index (χ2v) is 8.12. The van der Waals surface area contributed by atoms with Crippen molar-refractivity contribution in [3.8, 4) is 0 Å². The molecule has 1 aromatic rings. The van der Waals surface area contributed by atoms with Crippen molar-refractivity contribution in [2.24, 2.45) is 10.4 Å². The van der Waals surface area contributed by atoms with Crippen LogP contribution in [0.1, 0.15) is 38.3 Å². The van der Waals surface area contributed by atoms with Crippen LogP contribution in [0.15, 0.2) is 29.3 Å². The number of aliphatic imine (C=N–C) groups is 1. The van der Waals surface area contributed by atoms with Crippen molar-refractivity contribution in [2.75, 3.05) is 40.3 Å². The molecule has 0 radical (unpaired) electrons. The van der Waals surface area contributed by atoms with E-state index in [-0.39, 0.29) is 11.5 Å². The number of nitrogens with zero attached hydrogens (tertiary/aromatic N) is 2. The van der Waals surface area contributed by atoms with Gasteiger partial charge < -0.3 is 15.4 Å². The van der Waals surface area contributed by atoms with Crippen molar-refractivity contribution in [3.05, 3.63) is 35.4 Å². The zero-order chi connectivity index (χ0) is 19.0. The third kappa shape index (κ3) is 6.29. The van der Waals surface area contributed by atoms with Gasteiger partial charge in [-0.3, -0.25) is 9.89 Å². The van der Waals surface area contributed by atoms with Crippen molar-refractivity contribution >= 4 is 5.96 Å². The van der Waals surface area contributed by atoms with Gasteiger partial charge in [-0.15, -0.1) is 0 Å². The fourth-order valence-electron chi connectivity index (χ4n) is 3.41. The lowest BCUT2D eigenvalue weighted by Gasteiger charge is -2.30. The molecule has 1 aromatic carbocycles. The van der Waals surface area contributed by atoms with Crippen LogP contribution in [0.3, 0.4) is 0 Å². The number of guanidine groups is 1. The van der Waals surface area contributed by atoms with Gasteiger partial charge in [0.2, 0.25) is 0 Å². The molecule has 5 nitrogen and oxygen atoms in total. The van der Waals surface area contributed by atoms with E-state index in [1.54, 1.807) is 7.11 Å². The Hall–Kier alpha value is -1.59. The van der Waals surface area contributed by atoms with E-state index >= 15 is 0 Å². The SMILES string of the molecule is CN=C(NCCCN1CCc2ccccc2C1)NCC(OC)C(C)(C)C. The molecular weight excluding hydrogens is 324 g/mol. The standard InChI is InChI=1S/C21H36N4O/c1-21(2,3)19(26-5)15-24-20(22-4)23-12-8-13-25-14-11-17-9-6-7-10-18(17)16-25/h6-7,9-10,19H,8,11-16H2,1-5H3,(H2,22,23,24). The summed E-state index contributed by atoms with van der Waals surface area (Å²) in [7, 11) is 3.58. The van der Waals surface area contributed by atoms with E-state index < -0.39 is 0 Å². The van der Waals surface area contributed by atoms with E-state index in [0.29, 0.717) is 0 Å². The van der Waals surface area contributed by atoms with Crippen LogP contribution in [0.5, 0.6) is 0 Å². The molecule has 0 spiro atoms. The summed E-state index contributed by atoms with van der Waals surface area (Å²) in [5, 5.41) is 6.79. The van der Waals surface area contributed by atoms with E-state index in [0.717, 1.165) is 51.5 Å². The zero-order valence-electron chi connectivity index (χ0n) is 17.1. The normalized spacial score (nSPS) is 16.9. The molecule has 2 rings (SSSR count). The van der Waals surface area contributed by atoms with Crippen LogP contribution < -0.4 is 10.6 Å². The first kappa shape index (κ1) is 20.7. The number of hydrogen-bond donors (Lipinski definition) is 2. The molecule has 1 aliphatic heterocycles. The molecule has 2 N–H and O–H groups in total. The molecule has 1 atom stereocenters. The van der Waals surface area contributed by atoms with Crippen molar-refractivity contribution in [2.45, 2.75) is 46.3 Å². The number of benzene rings is 1. The zero-order valence-corrected chi connectivity index (χ0v) is 17.1. The Bertz CT molecular complexity index is 580. The maximum absolute atomic E-state index is 5.59. The lowest BCUT2D eigenvalue weighted by molar-refractivity contribution is 0.0205. The lowest BCUT2D eigenvalue weighted by Crippen LogP contribution is -2.45. The molecule has 1 aliphatic rings. The first-order valence-electron chi connectivity index (χ1n) is 9.70. The molecule has 5 heteroatoms. The Morgan fingerprint density at radius 1 is 1.23 bits per heavy atom. The van der Waals surface area contributed by atoms with E-state index in [1.165, 1.54) is 11.1 Å². The van der Waals surface area contributed by atoms with Gasteiger partial charge in [0, 0.05) is 46.9 Å². The van der Waals surface area contributed by atoms with Gasteiger partial charge in [-0.1, -0.05) is 45.0 Å². The van der Waals surface area contributed by atoms with E-state index in [9.17, 15) is 0 Å². The molecule has 0 bridgehead atoms. The highest BCUT2D eigenvalue weighted by atomic mass is 16.5. The second-order valence-electron chi connectivity index (χ2n) is 8.12. The molecule has 0 aliphatic carbocycles. The van der Waals surface area contributed by atoms with Gasteiger partial charge in [0.05, 0.1) is 6.10 Å². The number of ether oxygens (including phenoxy) is 1. The summed E-state index contributed by atoms with van der Waals surface area (Å²) in [6, 6.07) is 8.80. The summed E-state index contributed by atoms with van der Waals surface area (Å²) in [6.07, 6.45) is 2.42. The van der Waals surface area contributed by atoms with Crippen molar-refractivity contribution in [1.29, 1.82) is 0 Å². The number of nitrogens with one attached hydrogen (secondary N) is 2. The maximum Gasteiger partial charge on any atom is 0.191 e. The molecule has 26 heavy (non-hydrogen) atoms. The quantitative estimate of drug-likeness (QED) is 0.446. The Kier molecular flexibility index (Phi) is 7.91. The van der Waals surface area contributed by atoms with Crippen LogP contribution in [0.2, 0.25) is 0 Å². The average Bonchev–Trinajstić information content (AvgIpc) is 2.62. The summed E-state index contributed by atoms with van der Waals surface area (Å²) in [6.45, 7) is 11.6. The maximum atomic E-state index is 5.59. The van der Waals surface area contributed by atoms with Crippen LogP contribution in [-0.4, -0.2) is 57.3 Å². The predicted molar refractivity (Wildman–Crippen MR) is 110 cm³/mol. The molecular formula is C21H36N4O. The van der Waals surface area contributed by atoms with Gasteiger partial charge >= 0.3 is 0 Å². The van der Waals surface area contributed by atoms with E-state index in [2.05, 4.69) is 65.6 Å². The molecule has 0 aromatic heterocycles. The van der Waals surface area contributed by atoms with Crippen molar-refractivity contribution < 1.29 is 4.74 Å². The summed E-state index contributed by atoms with van der Waals surface area (Å²) in [4.78, 5) is 6.86. The molecule has 146 valence electrons. The number of methoxy groups -OCH3 is 1. The Morgan fingerprint density at radius 3 is 2.62 bits per heavy atom. The van der Waals surface area contributed by atoms with Crippen molar-refractivity contribution in [3.63, 3.8) is 0 Å². The number of hydrogen-bond acceptors (Lipinski definition) is 3. The number of fused-ring (bicyclic) bond motifs is 1. The van der Waals surface area contributed by atoms with E-state index in [1.807, 2.05) is 7.05 Å². The first-order chi connectivity index (χ1) is 12.4. The van der Waals surface area contributed by atoms with Crippen LogP contribution in [-0.2, 0) is 17.7 Å². The highest BCUT2D eigenvalue weighted by Gasteiger charge is 2.24. The monoisotopic (exact) mass is 360 g/mol. The Labute approximate surface area is 159 Å². The van der Waals surface area contributed by atoms with Crippen LogP contribution >= 0.6 is 0 Å². The van der Waals surface area contributed by atoms with Gasteiger partial charge in [-0.05, 0) is 29.4 Å². The van der Waals surface area contributed by atoms with Gasteiger partial charge in [0.25, 0.3) is 0 Å². The van der Waals surface area contributed by atoms with Crippen LogP contribution in [0.25, 0.3) is 0 Å². The minimum atomic E-state index is 0.102. The highest BCUT2D eigenvalue weighted by Crippen LogP contribution is 2.21. The molecule has 0 saturated carbocycles. The van der Waals surface area contributed by atoms with Gasteiger partial charge in [-0.25, -0.2) is 0 Å². The third-order valence-electron chi connectivity index (χ3n) is 5.08. The topological polar surface area (TPSA) is 48.9 Å². The minimum Gasteiger partial charge on any atom is -0.379 e. The molecule has 0 saturated heterocycles. The summed E-state index contributed by atoms with van der Waals surface area (Å²) in [5.74, 6) is 0.847. The second kappa shape index (κ2) is 9.93. The van der Waals surface area contributed by atoms with Gasteiger partial charge in [-0.2, -0.15) is 0 Å². The molecule has 0 fully saturated rings. The van der Waals surface area contributed by atoms with Crippen LogP contribution in [0, 0.1) is 5.41 Å². The fraction of sp³-hybridized carbons (Fsp3) is 0.667. The van der Waals surface area contributed by atoms with Gasteiger partial charge in [0.15, 0.2) is 5.96 Å². The fourth-order valence-corrected chi connectivity index (χ4v) is 3.41. The first-order valence-corrected chi connectivity index (χ1v) is 9.70. The lowest BCUT2D eigenvalue weighted by atomic mass is 9.89. The van der Waals surface area contributed by atoms with Crippen LogP contribution in [0.4, 0.5) is 0 Å². The largest absolute Gasteiger partial charge is 0.379 e. The molecule has 1 heterocycles. The summed E-state index contributed by atoms with van der Waals surface area (Å²) >= 11 is 0. The Balaban J connectivity index is 1.67. The minimum absolute atomic E-state index is 0.102. The Morgan fingerprint density at radius 2 is 1.96 bits per heavy atom. The smallest absolute Gasteiger partial charge is 0.191 e. The number of rotatable bonds is 7. The van der Waals surface area contributed by atoms with E-state index in [4.69, 9.17) is 4.74 Å². The average molecular weight is 361 g/mol. The third-order valence-corrected chi connectivity index (χ3v) is 5.08. The summed E-state index contributed by atoms with van der Waals surface area (Å²) in [5.41, 5.74) is 3.10.